The van der Waals surface area contributed by atoms with Gasteiger partial charge < -0.3 is 15.8 Å². The predicted octanol–water partition coefficient (Wildman–Crippen LogP) is 0.729. The van der Waals surface area contributed by atoms with Crippen molar-refractivity contribution in [2.24, 2.45) is 5.73 Å². The SMILES string of the molecule is CNC(C)(CCCN1CC(C)OC(C)(C)C1)C(N)=O. The molecule has 0 aromatic rings. The van der Waals surface area contributed by atoms with Gasteiger partial charge in [0.05, 0.1) is 17.2 Å². The summed E-state index contributed by atoms with van der Waals surface area (Å²) in [5.74, 6) is -0.286. The largest absolute Gasteiger partial charge is 0.370 e. The van der Waals surface area contributed by atoms with Crippen LogP contribution in [0.4, 0.5) is 0 Å². The van der Waals surface area contributed by atoms with Crippen molar-refractivity contribution in [1.82, 2.24) is 10.2 Å². The van der Waals surface area contributed by atoms with E-state index in [0.717, 1.165) is 32.5 Å². The lowest BCUT2D eigenvalue weighted by Crippen LogP contribution is -2.53. The number of hydrogen-bond donors (Lipinski definition) is 2. The topological polar surface area (TPSA) is 67.6 Å². The Kier molecular flexibility index (Phi) is 5.35. The molecule has 0 radical (unpaired) electrons. The van der Waals surface area contributed by atoms with Gasteiger partial charge in [0, 0.05) is 13.1 Å². The minimum Gasteiger partial charge on any atom is -0.370 e. The molecule has 19 heavy (non-hydrogen) atoms. The number of carbonyl (C=O) groups is 1. The second-order valence-corrected chi connectivity index (χ2v) is 6.47. The van der Waals surface area contributed by atoms with E-state index in [2.05, 4.69) is 31.0 Å². The van der Waals surface area contributed by atoms with Crippen LogP contribution in [0.5, 0.6) is 0 Å². The molecule has 1 fully saturated rings. The van der Waals surface area contributed by atoms with E-state index in [4.69, 9.17) is 10.5 Å². The van der Waals surface area contributed by atoms with Gasteiger partial charge in [0.1, 0.15) is 0 Å². The first kappa shape index (κ1) is 16.4. The van der Waals surface area contributed by atoms with Crippen LogP contribution in [0.25, 0.3) is 0 Å². The first-order valence-electron chi connectivity index (χ1n) is 7.07. The van der Waals surface area contributed by atoms with Gasteiger partial charge in [-0.1, -0.05) is 0 Å². The highest BCUT2D eigenvalue weighted by Crippen LogP contribution is 2.21. The van der Waals surface area contributed by atoms with Crippen molar-refractivity contribution < 1.29 is 9.53 Å². The average Bonchev–Trinajstić information content (AvgIpc) is 2.25. The van der Waals surface area contributed by atoms with Crippen LogP contribution in [0, 0.1) is 0 Å². The molecule has 1 amide bonds. The highest BCUT2D eigenvalue weighted by atomic mass is 16.5. The van der Waals surface area contributed by atoms with Gasteiger partial charge in [-0.05, 0) is 54.1 Å². The molecule has 5 nitrogen and oxygen atoms in total. The first-order valence-corrected chi connectivity index (χ1v) is 7.07. The molecular weight excluding hydrogens is 242 g/mol. The molecule has 1 rings (SSSR count). The van der Waals surface area contributed by atoms with Gasteiger partial charge in [0.25, 0.3) is 0 Å². The molecule has 0 spiro atoms. The molecule has 1 aliphatic rings. The Balaban J connectivity index is 2.42. The zero-order chi connectivity index (χ0) is 14.7. The number of morpholine rings is 1. The Bertz CT molecular complexity index is 320. The normalized spacial score (nSPS) is 26.9. The zero-order valence-corrected chi connectivity index (χ0v) is 13.0. The maximum Gasteiger partial charge on any atom is 0.237 e. The summed E-state index contributed by atoms with van der Waals surface area (Å²) in [6.07, 6.45) is 1.96. The van der Waals surface area contributed by atoms with Crippen LogP contribution in [0.3, 0.4) is 0 Å². The van der Waals surface area contributed by atoms with Gasteiger partial charge in [-0.2, -0.15) is 0 Å². The van der Waals surface area contributed by atoms with E-state index >= 15 is 0 Å². The summed E-state index contributed by atoms with van der Waals surface area (Å²) in [6.45, 7) is 11.1. The molecule has 0 aliphatic carbocycles. The van der Waals surface area contributed by atoms with Crippen LogP contribution in [0.2, 0.25) is 0 Å². The zero-order valence-electron chi connectivity index (χ0n) is 13.0. The van der Waals surface area contributed by atoms with Crippen molar-refractivity contribution in [3.8, 4) is 0 Å². The van der Waals surface area contributed by atoms with E-state index in [-0.39, 0.29) is 17.6 Å². The summed E-state index contributed by atoms with van der Waals surface area (Å²) in [5.41, 5.74) is 4.74. The summed E-state index contributed by atoms with van der Waals surface area (Å²) < 4.78 is 5.88. The maximum absolute atomic E-state index is 11.4. The third-order valence-corrected chi connectivity index (χ3v) is 3.89. The lowest BCUT2D eigenvalue weighted by molar-refractivity contribution is -0.130. The minimum absolute atomic E-state index is 0.0896. The molecule has 2 atom stereocenters. The Hall–Kier alpha value is -0.650. The number of likely N-dealkylation sites (N-methyl/N-ethyl adjacent to an activating group) is 1. The van der Waals surface area contributed by atoms with Gasteiger partial charge >= 0.3 is 0 Å². The highest BCUT2D eigenvalue weighted by molar-refractivity contribution is 5.84. The van der Waals surface area contributed by atoms with Crippen molar-refractivity contribution >= 4 is 5.91 Å². The summed E-state index contributed by atoms with van der Waals surface area (Å²) in [4.78, 5) is 13.8. The number of nitrogens with one attached hydrogen (secondary N) is 1. The van der Waals surface area contributed by atoms with E-state index in [0.29, 0.717) is 0 Å². The van der Waals surface area contributed by atoms with Crippen molar-refractivity contribution in [2.75, 3.05) is 26.7 Å². The van der Waals surface area contributed by atoms with E-state index in [1.54, 1.807) is 7.05 Å². The van der Waals surface area contributed by atoms with Crippen molar-refractivity contribution in [3.05, 3.63) is 0 Å². The molecule has 1 saturated heterocycles. The number of nitrogens with zero attached hydrogens (tertiary/aromatic N) is 1. The Morgan fingerprint density at radius 1 is 1.58 bits per heavy atom. The van der Waals surface area contributed by atoms with Crippen molar-refractivity contribution in [1.29, 1.82) is 0 Å². The molecule has 112 valence electrons. The summed E-state index contributed by atoms with van der Waals surface area (Å²) in [6, 6.07) is 0. The number of rotatable bonds is 6. The molecule has 1 heterocycles. The number of nitrogens with two attached hydrogens (primary N) is 1. The van der Waals surface area contributed by atoms with E-state index in [1.807, 2.05) is 6.92 Å². The van der Waals surface area contributed by atoms with Gasteiger partial charge in [0.2, 0.25) is 5.91 Å². The third-order valence-electron chi connectivity index (χ3n) is 3.89. The van der Waals surface area contributed by atoms with E-state index in [9.17, 15) is 4.79 Å². The Morgan fingerprint density at radius 2 is 2.21 bits per heavy atom. The maximum atomic E-state index is 11.4. The number of carbonyl (C=O) groups excluding carboxylic acids is 1. The first-order chi connectivity index (χ1) is 8.68. The second kappa shape index (κ2) is 6.20. The van der Waals surface area contributed by atoms with Gasteiger partial charge in [-0.3, -0.25) is 9.69 Å². The molecule has 0 saturated carbocycles. The van der Waals surface area contributed by atoms with Crippen molar-refractivity contribution in [3.63, 3.8) is 0 Å². The van der Waals surface area contributed by atoms with Crippen LogP contribution >= 0.6 is 0 Å². The number of hydrogen-bond acceptors (Lipinski definition) is 4. The average molecular weight is 271 g/mol. The Labute approximate surface area is 116 Å². The third kappa shape index (κ3) is 4.75. The highest BCUT2D eigenvalue weighted by Gasteiger charge is 2.32. The van der Waals surface area contributed by atoms with Gasteiger partial charge in [0.15, 0.2) is 0 Å². The van der Waals surface area contributed by atoms with Gasteiger partial charge in [-0.25, -0.2) is 0 Å². The van der Waals surface area contributed by atoms with E-state index < -0.39 is 5.54 Å². The molecular formula is C14H29N3O2. The summed E-state index contributed by atoms with van der Waals surface area (Å²) >= 11 is 0. The summed E-state index contributed by atoms with van der Waals surface area (Å²) in [5, 5.41) is 3.02. The minimum atomic E-state index is -0.604. The molecule has 0 bridgehead atoms. The quantitative estimate of drug-likeness (QED) is 0.747. The van der Waals surface area contributed by atoms with Crippen LogP contribution in [-0.4, -0.2) is 54.7 Å². The second-order valence-electron chi connectivity index (χ2n) is 6.47. The van der Waals surface area contributed by atoms with Crippen LogP contribution in [0.1, 0.15) is 40.5 Å². The van der Waals surface area contributed by atoms with Crippen molar-refractivity contribution in [2.45, 2.75) is 57.8 Å². The van der Waals surface area contributed by atoms with Crippen LogP contribution in [0.15, 0.2) is 0 Å². The molecule has 0 aromatic carbocycles. The fourth-order valence-electron chi connectivity index (χ4n) is 2.78. The number of amides is 1. The molecule has 2 unspecified atom stereocenters. The fourth-order valence-corrected chi connectivity index (χ4v) is 2.78. The molecule has 5 heteroatoms. The monoisotopic (exact) mass is 271 g/mol. The van der Waals surface area contributed by atoms with Crippen LogP contribution in [-0.2, 0) is 9.53 Å². The standard InChI is InChI=1S/C14H29N3O2/c1-11-9-17(10-13(2,3)19-11)8-6-7-14(4,16-5)12(15)18/h11,16H,6-10H2,1-5H3,(H2,15,18). The number of primary amides is 1. The lowest BCUT2D eigenvalue weighted by Gasteiger charge is -2.42. The van der Waals surface area contributed by atoms with Crippen LogP contribution < -0.4 is 11.1 Å². The van der Waals surface area contributed by atoms with E-state index in [1.165, 1.54) is 0 Å². The molecule has 3 N–H and O–H groups in total. The summed E-state index contributed by atoms with van der Waals surface area (Å²) in [7, 11) is 1.78. The Morgan fingerprint density at radius 3 is 2.68 bits per heavy atom. The van der Waals surface area contributed by atoms with Gasteiger partial charge in [-0.15, -0.1) is 0 Å². The fraction of sp³-hybridized carbons (Fsp3) is 0.929. The molecule has 1 aliphatic heterocycles. The predicted molar refractivity (Wildman–Crippen MR) is 77.0 cm³/mol. The lowest BCUT2D eigenvalue weighted by atomic mass is 9.94. The molecule has 0 aromatic heterocycles. The number of ether oxygens (including phenoxy) is 1. The smallest absolute Gasteiger partial charge is 0.237 e.